The normalized spacial score (nSPS) is 25.4. The zero-order valence-corrected chi connectivity index (χ0v) is 10.2. The molecular formula is C12H26N2O. The molecule has 0 bridgehead atoms. The molecule has 3 heteroatoms. The lowest BCUT2D eigenvalue weighted by atomic mass is 10.0. The van der Waals surface area contributed by atoms with Crippen LogP contribution in [0.15, 0.2) is 0 Å². The monoisotopic (exact) mass is 214 g/mol. The molecule has 0 aromatic carbocycles. The summed E-state index contributed by atoms with van der Waals surface area (Å²) >= 11 is 0. The molecule has 1 heterocycles. The number of piperidine rings is 1. The third kappa shape index (κ3) is 4.96. The first-order valence-corrected chi connectivity index (χ1v) is 6.21. The maximum absolute atomic E-state index is 5.52. The van der Waals surface area contributed by atoms with E-state index >= 15 is 0 Å². The molecule has 15 heavy (non-hydrogen) atoms. The Hall–Kier alpha value is -0.120. The van der Waals surface area contributed by atoms with Crippen LogP contribution in [0.1, 0.15) is 32.6 Å². The van der Waals surface area contributed by atoms with Gasteiger partial charge in [0.2, 0.25) is 0 Å². The summed E-state index contributed by atoms with van der Waals surface area (Å²) in [4.78, 5) is 2.54. The molecule has 3 nitrogen and oxygen atoms in total. The summed E-state index contributed by atoms with van der Waals surface area (Å²) in [6, 6.07) is 0. The van der Waals surface area contributed by atoms with Gasteiger partial charge in [-0.1, -0.05) is 6.92 Å². The van der Waals surface area contributed by atoms with Gasteiger partial charge < -0.3 is 15.4 Å². The van der Waals surface area contributed by atoms with Crippen molar-refractivity contribution < 1.29 is 4.74 Å². The minimum Gasteiger partial charge on any atom is -0.380 e. The van der Waals surface area contributed by atoms with E-state index in [4.69, 9.17) is 10.5 Å². The van der Waals surface area contributed by atoms with Crippen molar-refractivity contribution in [3.63, 3.8) is 0 Å². The number of likely N-dealkylation sites (tertiary alicyclic amines) is 1. The highest BCUT2D eigenvalue weighted by Gasteiger charge is 2.20. The molecule has 0 aliphatic carbocycles. The van der Waals surface area contributed by atoms with Crippen LogP contribution in [0.2, 0.25) is 0 Å². The SMILES string of the molecule is COC1CCCN(CC(C)CCCN)C1. The van der Waals surface area contributed by atoms with Crippen molar-refractivity contribution >= 4 is 0 Å². The smallest absolute Gasteiger partial charge is 0.0698 e. The zero-order valence-electron chi connectivity index (χ0n) is 10.2. The molecule has 0 aromatic heterocycles. The Morgan fingerprint density at radius 1 is 1.53 bits per heavy atom. The minimum absolute atomic E-state index is 0.459. The van der Waals surface area contributed by atoms with E-state index < -0.39 is 0 Å². The fourth-order valence-electron chi connectivity index (χ4n) is 2.37. The van der Waals surface area contributed by atoms with Gasteiger partial charge in [0, 0.05) is 20.2 Å². The third-order valence-electron chi connectivity index (χ3n) is 3.27. The molecule has 2 atom stereocenters. The summed E-state index contributed by atoms with van der Waals surface area (Å²) in [5.41, 5.74) is 5.52. The van der Waals surface area contributed by atoms with E-state index in [1.807, 2.05) is 7.11 Å². The van der Waals surface area contributed by atoms with E-state index in [1.165, 1.54) is 32.4 Å². The molecule has 1 fully saturated rings. The molecule has 0 radical (unpaired) electrons. The van der Waals surface area contributed by atoms with Gasteiger partial charge in [0.1, 0.15) is 0 Å². The van der Waals surface area contributed by atoms with E-state index in [0.717, 1.165) is 25.4 Å². The van der Waals surface area contributed by atoms with Gasteiger partial charge in [0.25, 0.3) is 0 Å². The predicted molar refractivity (Wildman–Crippen MR) is 63.9 cm³/mol. The Bertz CT molecular complexity index is 164. The van der Waals surface area contributed by atoms with Crippen molar-refractivity contribution in [3.05, 3.63) is 0 Å². The first-order valence-electron chi connectivity index (χ1n) is 6.21. The topological polar surface area (TPSA) is 38.5 Å². The largest absolute Gasteiger partial charge is 0.380 e. The van der Waals surface area contributed by atoms with Crippen LogP contribution < -0.4 is 5.73 Å². The molecule has 0 spiro atoms. The molecule has 2 N–H and O–H groups in total. The minimum atomic E-state index is 0.459. The summed E-state index contributed by atoms with van der Waals surface area (Å²) in [7, 11) is 1.83. The van der Waals surface area contributed by atoms with Gasteiger partial charge in [0.05, 0.1) is 6.10 Å². The van der Waals surface area contributed by atoms with Gasteiger partial charge in [-0.3, -0.25) is 0 Å². The summed E-state index contributed by atoms with van der Waals surface area (Å²) in [5.74, 6) is 0.768. The van der Waals surface area contributed by atoms with Crippen molar-refractivity contribution in [2.45, 2.75) is 38.7 Å². The molecule has 90 valence electrons. The van der Waals surface area contributed by atoms with E-state index in [2.05, 4.69) is 11.8 Å². The fraction of sp³-hybridized carbons (Fsp3) is 1.00. The highest BCUT2D eigenvalue weighted by Crippen LogP contribution is 2.15. The average molecular weight is 214 g/mol. The second-order valence-corrected chi connectivity index (χ2v) is 4.80. The maximum atomic E-state index is 5.52. The van der Waals surface area contributed by atoms with Crippen LogP contribution in [0.4, 0.5) is 0 Å². The van der Waals surface area contributed by atoms with Crippen LogP contribution in [-0.4, -0.2) is 44.3 Å². The number of nitrogens with zero attached hydrogens (tertiary/aromatic N) is 1. The molecular weight excluding hydrogens is 188 g/mol. The molecule has 0 saturated carbocycles. The van der Waals surface area contributed by atoms with Gasteiger partial charge in [-0.2, -0.15) is 0 Å². The van der Waals surface area contributed by atoms with Crippen LogP contribution in [-0.2, 0) is 4.74 Å². The number of methoxy groups -OCH3 is 1. The van der Waals surface area contributed by atoms with E-state index in [0.29, 0.717) is 6.10 Å². The summed E-state index contributed by atoms with van der Waals surface area (Å²) in [6.45, 7) is 6.72. The van der Waals surface area contributed by atoms with Gasteiger partial charge in [-0.15, -0.1) is 0 Å². The standard InChI is InChI=1S/C12H26N2O/c1-11(5-3-7-13)9-14-8-4-6-12(10-14)15-2/h11-12H,3-10,13H2,1-2H3. The van der Waals surface area contributed by atoms with Gasteiger partial charge >= 0.3 is 0 Å². The summed E-state index contributed by atoms with van der Waals surface area (Å²) in [5, 5.41) is 0. The Kier molecular flexibility index (Phi) is 6.22. The molecule has 1 aliphatic heterocycles. The number of hydrogen-bond acceptors (Lipinski definition) is 3. The van der Waals surface area contributed by atoms with Crippen LogP contribution in [0.25, 0.3) is 0 Å². The lowest BCUT2D eigenvalue weighted by Gasteiger charge is -2.33. The second-order valence-electron chi connectivity index (χ2n) is 4.80. The van der Waals surface area contributed by atoms with Crippen molar-refractivity contribution in [2.24, 2.45) is 11.7 Å². The highest BCUT2D eigenvalue weighted by molar-refractivity contribution is 4.74. The van der Waals surface area contributed by atoms with Gasteiger partial charge in [-0.05, 0) is 44.7 Å². The van der Waals surface area contributed by atoms with Crippen molar-refractivity contribution in [1.29, 1.82) is 0 Å². The molecule has 1 aliphatic rings. The van der Waals surface area contributed by atoms with Crippen LogP contribution in [0.5, 0.6) is 0 Å². The molecule has 1 saturated heterocycles. The number of nitrogens with two attached hydrogens (primary N) is 1. The van der Waals surface area contributed by atoms with Crippen LogP contribution in [0.3, 0.4) is 0 Å². The molecule has 2 unspecified atom stereocenters. The number of ether oxygens (including phenoxy) is 1. The Labute approximate surface area is 94.0 Å². The average Bonchev–Trinajstić information content (AvgIpc) is 2.26. The predicted octanol–water partition coefficient (Wildman–Crippen LogP) is 1.47. The first-order chi connectivity index (χ1) is 7.26. The van der Waals surface area contributed by atoms with E-state index in [9.17, 15) is 0 Å². The first kappa shape index (κ1) is 12.9. The van der Waals surface area contributed by atoms with E-state index in [-0.39, 0.29) is 0 Å². The van der Waals surface area contributed by atoms with E-state index in [1.54, 1.807) is 0 Å². The van der Waals surface area contributed by atoms with Crippen molar-refractivity contribution in [2.75, 3.05) is 33.3 Å². The number of hydrogen-bond donors (Lipinski definition) is 1. The Morgan fingerprint density at radius 2 is 2.33 bits per heavy atom. The lowest BCUT2D eigenvalue weighted by molar-refractivity contribution is 0.0263. The summed E-state index contributed by atoms with van der Waals surface area (Å²) in [6.07, 6.45) is 5.38. The molecule has 1 rings (SSSR count). The van der Waals surface area contributed by atoms with Crippen molar-refractivity contribution in [1.82, 2.24) is 4.90 Å². The third-order valence-corrected chi connectivity index (χ3v) is 3.27. The Morgan fingerprint density at radius 3 is 3.00 bits per heavy atom. The second kappa shape index (κ2) is 7.20. The van der Waals surface area contributed by atoms with Crippen LogP contribution in [0, 0.1) is 5.92 Å². The maximum Gasteiger partial charge on any atom is 0.0698 e. The van der Waals surface area contributed by atoms with Gasteiger partial charge in [0.15, 0.2) is 0 Å². The quantitative estimate of drug-likeness (QED) is 0.728. The summed E-state index contributed by atoms with van der Waals surface area (Å²) < 4.78 is 5.42. The molecule has 0 amide bonds. The fourth-order valence-corrected chi connectivity index (χ4v) is 2.37. The zero-order chi connectivity index (χ0) is 11.1. The van der Waals surface area contributed by atoms with Gasteiger partial charge in [-0.25, -0.2) is 0 Å². The van der Waals surface area contributed by atoms with Crippen molar-refractivity contribution in [3.8, 4) is 0 Å². The molecule has 0 aromatic rings. The van der Waals surface area contributed by atoms with Crippen LogP contribution >= 0.6 is 0 Å². The number of rotatable bonds is 6. The Balaban J connectivity index is 2.19. The lowest BCUT2D eigenvalue weighted by Crippen LogP contribution is -2.41. The highest BCUT2D eigenvalue weighted by atomic mass is 16.5.